The Morgan fingerprint density at radius 1 is 1.44 bits per heavy atom. The summed E-state index contributed by atoms with van der Waals surface area (Å²) in [7, 11) is 0. The van der Waals surface area contributed by atoms with E-state index in [0.717, 1.165) is 38.0 Å². The van der Waals surface area contributed by atoms with Gasteiger partial charge in [0.15, 0.2) is 0 Å². The fraction of sp³-hybridized carbons (Fsp3) is 0.571. The number of hydrogen-bond acceptors (Lipinski definition) is 2. The number of nitrogens with zero attached hydrogens (tertiary/aromatic N) is 1. The van der Waals surface area contributed by atoms with E-state index in [1.807, 2.05) is 6.07 Å². The molecule has 0 radical (unpaired) electrons. The van der Waals surface area contributed by atoms with Crippen molar-refractivity contribution in [1.82, 2.24) is 4.90 Å². The van der Waals surface area contributed by atoms with Gasteiger partial charge in [-0.3, -0.25) is 4.90 Å². The smallest absolute Gasteiger partial charge is 0.142 e. The zero-order valence-corrected chi connectivity index (χ0v) is 11.5. The molecule has 0 aliphatic carbocycles. The van der Waals surface area contributed by atoms with Crippen LogP contribution < -0.4 is 5.73 Å². The van der Waals surface area contributed by atoms with Crippen LogP contribution in [0.25, 0.3) is 0 Å². The van der Waals surface area contributed by atoms with Gasteiger partial charge in [0.1, 0.15) is 5.82 Å². The molecule has 1 unspecified atom stereocenters. The second-order valence-electron chi connectivity index (χ2n) is 5.19. The fourth-order valence-corrected chi connectivity index (χ4v) is 2.73. The largest absolute Gasteiger partial charge is 0.328 e. The van der Waals surface area contributed by atoms with Crippen LogP contribution in [0.1, 0.15) is 25.3 Å². The third kappa shape index (κ3) is 3.22. The van der Waals surface area contributed by atoms with Gasteiger partial charge in [0, 0.05) is 12.6 Å². The van der Waals surface area contributed by atoms with Crippen LogP contribution in [0.4, 0.5) is 4.39 Å². The van der Waals surface area contributed by atoms with E-state index in [1.54, 1.807) is 6.07 Å². The van der Waals surface area contributed by atoms with Crippen LogP contribution >= 0.6 is 11.6 Å². The number of benzene rings is 1. The highest BCUT2D eigenvalue weighted by molar-refractivity contribution is 6.31. The van der Waals surface area contributed by atoms with Crippen LogP contribution in [0.2, 0.25) is 5.02 Å². The summed E-state index contributed by atoms with van der Waals surface area (Å²) in [6, 6.07) is 5.27. The zero-order valence-electron chi connectivity index (χ0n) is 10.7. The van der Waals surface area contributed by atoms with Crippen molar-refractivity contribution in [2.24, 2.45) is 11.7 Å². The molecular weight excluding hydrogens is 251 g/mol. The SMILES string of the molecule is CC(N)C1CCN(Cc2cccc(F)c2Cl)CC1. The predicted octanol–water partition coefficient (Wildman–Crippen LogP) is 3.04. The van der Waals surface area contributed by atoms with Crippen LogP contribution in [0.5, 0.6) is 0 Å². The molecule has 0 saturated carbocycles. The summed E-state index contributed by atoms with van der Waals surface area (Å²) in [6.45, 7) is 4.82. The van der Waals surface area contributed by atoms with Crippen molar-refractivity contribution in [2.75, 3.05) is 13.1 Å². The molecule has 2 N–H and O–H groups in total. The lowest BCUT2D eigenvalue weighted by molar-refractivity contribution is 0.165. The molecule has 2 nitrogen and oxygen atoms in total. The van der Waals surface area contributed by atoms with Gasteiger partial charge in [0.2, 0.25) is 0 Å². The Morgan fingerprint density at radius 3 is 2.72 bits per heavy atom. The minimum Gasteiger partial charge on any atom is -0.328 e. The summed E-state index contributed by atoms with van der Waals surface area (Å²) in [4.78, 5) is 2.32. The highest BCUT2D eigenvalue weighted by Crippen LogP contribution is 2.24. The van der Waals surface area contributed by atoms with Gasteiger partial charge < -0.3 is 5.73 Å². The number of nitrogens with two attached hydrogens (primary N) is 1. The molecule has 1 aliphatic rings. The summed E-state index contributed by atoms with van der Waals surface area (Å²) < 4.78 is 13.3. The van der Waals surface area contributed by atoms with E-state index in [-0.39, 0.29) is 16.9 Å². The molecule has 1 aromatic rings. The van der Waals surface area contributed by atoms with E-state index in [0.29, 0.717) is 5.92 Å². The lowest BCUT2D eigenvalue weighted by Crippen LogP contribution is -2.39. The van der Waals surface area contributed by atoms with E-state index in [9.17, 15) is 4.39 Å². The summed E-state index contributed by atoms with van der Waals surface area (Å²) in [6.07, 6.45) is 2.23. The van der Waals surface area contributed by atoms with E-state index in [4.69, 9.17) is 17.3 Å². The molecule has 2 rings (SSSR count). The van der Waals surface area contributed by atoms with Crippen LogP contribution in [0, 0.1) is 11.7 Å². The first-order chi connectivity index (χ1) is 8.58. The number of rotatable bonds is 3. The lowest BCUT2D eigenvalue weighted by atomic mass is 9.91. The number of halogens is 2. The minimum atomic E-state index is -0.334. The van der Waals surface area contributed by atoms with Gasteiger partial charge in [0.05, 0.1) is 5.02 Å². The molecule has 0 amide bonds. The van der Waals surface area contributed by atoms with E-state index >= 15 is 0 Å². The Hall–Kier alpha value is -0.640. The minimum absolute atomic E-state index is 0.256. The van der Waals surface area contributed by atoms with Crippen molar-refractivity contribution >= 4 is 11.6 Å². The third-order valence-electron chi connectivity index (χ3n) is 3.80. The number of likely N-dealkylation sites (tertiary alicyclic amines) is 1. The van der Waals surface area contributed by atoms with Crippen molar-refractivity contribution in [3.63, 3.8) is 0 Å². The van der Waals surface area contributed by atoms with Crippen LogP contribution in [-0.4, -0.2) is 24.0 Å². The first-order valence-electron chi connectivity index (χ1n) is 6.48. The van der Waals surface area contributed by atoms with Crippen molar-refractivity contribution in [3.8, 4) is 0 Å². The van der Waals surface area contributed by atoms with E-state index in [1.165, 1.54) is 6.07 Å². The molecule has 1 fully saturated rings. The van der Waals surface area contributed by atoms with Gasteiger partial charge in [-0.15, -0.1) is 0 Å². The van der Waals surface area contributed by atoms with E-state index in [2.05, 4.69) is 11.8 Å². The molecule has 1 aliphatic heterocycles. The molecule has 1 saturated heterocycles. The van der Waals surface area contributed by atoms with Gasteiger partial charge >= 0.3 is 0 Å². The van der Waals surface area contributed by atoms with Crippen molar-refractivity contribution in [1.29, 1.82) is 0 Å². The summed E-state index contributed by atoms with van der Waals surface area (Å²) >= 11 is 5.97. The Bertz CT molecular complexity index is 401. The predicted molar refractivity (Wildman–Crippen MR) is 73.1 cm³/mol. The fourth-order valence-electron chi connectivity index (χ4n) is 2.55. The Balaban J connectivity index is 1.94. The monoisotopic (exact) mass is 270 g/mol. The Labute approximate surface area is 113 Å². The molecule has 0 aromatic heterocycles. The molecular formula is C14H20ClFN2. The van der Waals surface area contributed by atoms with Gasteiger partial charge in [-0.2, -0.15) is 0 Å². The zero-order chi connectivity index (χ0) is 13.1. The quantitative estimate of drug-likeness (QED) is 0.915. The third-order valence-corrected chi connectivity index (χ3v) is 4.22. The topological polar surface area (TPSA) is 29.3 Å². The standard InChI is InChI=1S/C14H20ClFN2/c1-10(17)11-5-7-18(8-6-11)9-12-3-2-4-13(16)14(12)15/h2-4,10-11H,5-9,17H2,1H3. The molecule has 18 heavy (non-hydrogen) atoms. The second-order valence-corrected chi connectivity index (χ2v) is 5.56. The highest BCUT2D eigenvalue weighted by atomic mass is 35.5. The van der Waals surface area contributed by atoms with Crippen molar-refractivity contribution < 1.29 is 4.39 Å². The molecule has 1 atom stereocenters. The average molecular weight is 271 g/mol. The van der Waals surface area contributed by atoms with Gasteiger partial charge in [-0.05, 0) is 50.4 Å². The first kappa shape index (κ1) is 13.8. The molecule has 4 heteroatoms. The van der Waals surface area contributed by atoms with Crippen LogP contribution in [-0.2, 0) is 6.54 Å². The molecule has 100 valence electrons. The van der Waals surface area contributed by atoms with Gasteiger partial charge in [-0.1, -0.05) is 23.7 Å². The molecule has 0 spiro atoms. The maximum Gasteiger partial charge on any atom is 0.142 e. The maximum atomic E-state index is 13.3. The first-order valence-corrected chi connectivity index (χ1v) is 6.86. The second kappa shape index (κ2) is 6.00. The summed E-state index contributed by atoms with van der Waals surface area (Å²) in [5, 5.41) is 0.256. The molecule has 1 heterocycles. The van der Waals surface area contributed by atoms with Crippen LogP contribution in [0.3, 0.4) is 0 Å². The number of piperidine rings is 1. The molecule has 0 bridgehead atoms. The van der Waals surface area contributed by atoms with Crippen molar-refractivity contribution in [3.05, 3.63) is 34.6 Å². The Morgan fingerprint density at radius 2 is 2.11 bits per heavy atom. The molecule has 1 aromatic carbocycles. The normalized spacial score (nSPS) is 20.0. The average Bonchev–Trinajstić information content (AvgIpc) is 2.36. The van der Waals surface area contributed by atoms with Crippen LogP contribution in [0.15, 0.2) is 18.2 Å². The van der Waals surface area contributed by atoms with Gasteiger partial charge in [-0.25, -0.2) is 4.39 Å². The van der Waals surface area contributed by atoms with E-state index < -0.39 is 0 Å². The van der Waals surface area contributed by atoms with Gasteiger partial charge in [0.25, 0.3) is 0 Å². The highest BCUT2D eigenvalue weighted by Gasteiger charge is 2.22. The summed E-state index contributed by atoms with van der Waals surface area (Å²) in [5.74, 6) is 0.281. The Kier molecular flexibility index (Phi) is 4.60. The number of hydrogen-bond donors (Lipinski definition) is 1. The summed E-state index contributed by atoms with van der Waals surface area (Å²) in [5.41, 5.74) is 6.79. The lowest BCUT2D eigenvalue weighted by Gasteiger charge is -2.33. The van der Waals surface area contributed by atoms with Crippen molar-refractivity contribution in [2.45, 2.75) is 32.4 Å². The maximum absolute atomic E-state index is 13.3.